The number of rotatable bonds is 6. The lowest BCUT2D eigenvalue weighted by atomic mass is 9.99. The van der Waals surface area contributed by atoms with Crippen LogP contribution in [0.1, 0.15) is 34.6 Å². The lowest BCUT2D eigenvalue weighted by Gasteiger charge is -2.37. The number of aromatic nitrogens is 3. The molecule has 4 rings (SSSR count). The highest BCUT2D eigenvalue weighted by molar-refractivity contribution is 5.98. The minimum Gasteiger partial charge on any atom is -0.472 e. The van der Waals surface area contributed by atoms with Crippen molar-refractivity contribution in [3.63, 3.8) is 0 Å². The Labute approximate surface area is 208 Å². The number of carbonyl (C=O) groups excluding carboxylic acids is 2. The predicted octanol–water partition coefficient (Wildman–Crippen LogP) is 2.67. The standard InChI is InChI=1S/C26H28FN5O4/c1-16-12-32(17(2)14-33)26(35)21-8-18(19-9-28-15-29-10-19)11-30-24(21)36-23(16)13-31(3)25(34)20-6-4-5-7-22(20)27/h4-11,15-17,23,33H,12-14H2,1-3H3/t16-,17+,23+/m1/s1. The van der Waals surface area contributed by atoms with Crippen molar-refractivity contribution < 1.29 is 23.8 Å². The maximum Gasteiger partial charge on any atom is 0.259 e. The van der Waals surface area contributed by atoms with E-state index >= 15 is 0 Å². The van der Waals surface area contributed by atoms with Gasteiger partial charge >= 0.3 is 0 Å². The van der Waals surface area contributed by atoms with E-state index in [1.807, 2.05) is 6.92 Å². The van der Waals surface area contributed by atoms with Crippen LogP contribution in [0.5, 0.6) is 5.88 Å². The first-order valence-electron chi connectivity index (χ1n) is 11.6. The van der Waals surface area contributed by atoms with Crippen LogP contribution in [0, 0.1) is 11.7 Å². The average molecular weight is 494 g/mol. The van der Waals surface area contributed by atoms with Gasteiger partial charge in [0.2, 0.25) is 5.88 Å². The summed E-state index contributed by atoms with van der Waals surface area (Å²) in [6.07, 6.45) is 5.67. The van der Waals surface area contributed by atoms with Gasteiger partial charge in [0, 0.05) is 49.2 Å². The number of hydrogen-bond acceptors (Lipinski definition) is 7. The van der Waals surface area contributed by atoms with E-state index in [9.17, 15) is 19.1 Å². The van der Waals surface area contributed by atoms with Gasteiger partial charge in [-0.25, -0.2) is 19.3 Å². The van der Waals surface area contributed by atoms with Crippen molar-refractivity contribution in [2.24, 2.45) is 5.92 Å². The number of hydrogen-bond donors (Lipinski definition) is 1. The first-order valence-corrected chi connectivity index (χ1v) is 11.6. The van der Waals surface area contributed by atoms with E-state index in [0.29, 0.717) is 11.1 Å². The van der Waals surface area contributed by atoms with Gasteiger partial charge in [-0.3, -0.25) is 9.59 Å². The lowest BCUT2D eigenvalue weighted by molar-refractivity contribution is 0.0312. The second kappa shape index (κ2) is 10.8. The first-order chi connectivity index (χ1) is 17.3. The van der Waals surface area contributed by atoms with Crippen LogP contribution in [-0.2, 0) is 0 Å². The molecule has 10 heteroatoms. The van der Waals surface area contributed by atoms with Crippen molar-refractivity contribution in [2.45, 2.75) is 26.0 Å². The molecule has 1 aromatic carbocycles. The molecule has 36 heavy (non-hydrogen) atoms. The summed E-state index contributed by atoms with van der Waals surface area (Å²) >= 11 is 0. The quantitative estimate of drug-likeness (QED) is 0.562. The summed E-state index contributed by atoms with van der Waals surface area (Å²) < 4.78 is 20.4. The van der Waals surface area contributed by atoms with Crippen molar-refractivity contribution >= 4 is 11.8 Å². The third kappa shape index (κ3) is 5.18. The van der Waals surface area contributed by atoms with Gasteiger partial charge in [0.25, 0.3) is 11.8 Å². The summed E-state index contributed by atoms with van der Waals surface area (Å²) in [7, 11) is 1.58. The van der Waals surface area contributed by atoms with Gasteiger partial charge in [0.1, 0.15) is 23.8 Å². The number of benzene rings is 1. The molecule has 0 fully saturated rings. The molecule has 0 bridgehead atoms. The number of aliphatic hydroxyl groups excluding tert-OH is 1. The summed E-state index contributed by atoms with van der Waals surface area (Å²) in [5.74, 6) is -1.50. The molecule has 2 aromatic heterocycles. The minimum atomic E-state index is -0.598. The number of ether oxygens (including phenoxy) is 1. The maximum absolute atomic E-state index is 14.2. The smallest absolute Gasteiger partial charge is 0.259 e. The third-order valence-electron chi connectivity index (χ3n) is 6.32. The molecule has 0 saturated carbocycles. The third-order valence-corrected chi connectivity index (χ3v) is 6.32. The van der Waals surface area contributed by atoms with E-state index in [2.05, 4.69) is 15.0 Å². The fourth-order valence-corrected chi connectivity index (χ4v) is 4.12. The molecular formula is C26H28FN5O4. The SMILES string of the molecule is C[C@@H]1CN([C@@H](C)CO)C(=O)c2cc(-c3cncnc3)cnc2O[C@H]1CN(C)C(=O)c1ccccc1F. The summed E-state index contributed by atoms with van der Waals surface area (Å²) in [5.41, 5.74) is 1.53. The summed E-state index contributed by atoms with van der Waals surface area (Å²) in [4.78, 5) is 41.9. The van der Waals surface area contributed by atoms with Crippen LogP contribution in [-0.4, -0.2) is 80.6 Å². The molecule has 0 aliphatic carbocycles. The highest BCUT2D eigenvalue weighted by atomic mass is 19.1. The Bertz CT molecular complexity index is 1240. The molecule has 3 heterocycles. The highest BCUT2D eigenvalue weighted by Crippen LogP contribution is 2.30. The van der Waals surface area contributed by atoms with Gasteiger partial charge in [-0.05, 0) is 25.1 Å². The highest BCUT2D eigenvalue weighted by Gasteiger charge is 2.35. The van der Waals surface area contributed by atoms with Crippen LogP contribution in [0.3, 0.4) is 0 Å². The van der Waals surface area contributed by atoms with Crippen molar-refractivity contribution in [1.82, 2.24) is 24.8 Å². The molecule has 3 aromatic rings. The number of pyridine rings is 1. The van der Waals surface area contributed by atoms with Crippen LogP contribution in [0.15, 0.2) is 55.2 Å². The van der Waals surface area contributed by atoms with E-state index in [0.717, 1.165) is 0 Å². The Morgan fingerprint density at radius 1 is 1.25 bits per heavy atom. The maximum atomic E-state index is 14.2. The van der Waals surface area contributed by atoms with Crippen molar-refractivity contribution in [1.29, 1.82) is 0 Å². The van der Waals surface area contributed by atoms with Gasteiger partial charge in [-0.2, -0.15) is 0 Å². The summed E-state index contributed by atoms with van der Waals surface area (Å²) in [5, 5.41) is 9.82. The van der Waals surface area contributed by atoms with Crippen LogP contribution in [0.25, 0.3) is 11.1 Å². The lowest BCUT2D eigenvalue weighted by Crippen LogP contribution is -2.50. The summed E-state index contributed by atoms with van der Waals surface area (Å²) in [6, 6.07) is 7.03. The van der Waals surface area contributed by atoms with Gasteiger partial charge in [-0.1, -0.05) is 19.1 Å². The first kappa shape index (κ1) is 25.2. The molecule has 1 aliphatic rings. The monoisotopic (exact) mass is 493 g/mol. The van der Waals surface area contributed by atoms with Gasteiger partial charge in [0.05, 0.1) is 24.8 Å². The van der Waals surface area contributed by atoms with Gasteiger partial charge in [0.15, 0.2) is 0 Å². The molecule has 1 aliphatic heterocycles. The number of carbonyl (C=O) groups is 2. The fraction of sp³-hybridized carbons (Fsp3) is 0.346. The number of nitrogens with zero attached hydrogens (tertiary/aromatic N) is 5. The molecule has 2 amide bonds. The topological polar surface area (TPSA) is 109 Å². The van der Waals surface area contributed by atoms with Crippen molar-refractivity contribution in [3.8, 4) is 17.0 Å². The largest absolute Gasteiger partial charge is 0.472 e. The number of aliphatic hydroxyl groups is 1. The van der Waals surface area contributed by atoms with E-state index < -0.39 is 23.9 Å². The number of amides is 2. The van der Waals surface area contributed by atoms with Crippen LogP contribution in [0.2, 0.25) is 0 Å². The number of halogens is 1. The molecule has 9 nitrogen and oxygen atoms in total. The van der Waals surface area contributed by atoms with Crippen molar-refractivity contribution in [3.05, 3.63) is 72.2 Å². The Balaban J connectivity index is 1.68. The molecule has 1 N–H and O–H groups in total. The average Bonchev–Trinajstić information content (AvgIpc) is 2.90. The van der Waals surface area contributed by atoms with Crippen molar-refractivity contribution in [2.75, 3.05) is 26.7 Å². The second-order valence-electron chi connectivity index (χ2n) is 8.99. The van der Waals surface area contributed by atoms with Crippen LogP contribution in [0.4, 0.5) is 4.39 Å². The molecule has 3 atom stereocenters. The van der Waals surface area contributed by atoms with Crippen LogP contribution >= 0.6 is 0 Å². The Morgan fingerprint density at radius 3 is 2.67 bits per heavy atom. The van der Waals surface area contributed by atoms with E-state index in [4.69, 9.17) is 4.74 Å². The minimum absolute atomic E-state index is 0.0301. The van der Waals surface area contributed by atoms with Crippen LogP contribution < -0.4 is 4.74 Å². The predicted molar refractivity (Wildman–Crippen MR) is 130 cm³/mol. The molecule has 0 radical (unpaired) electrons. The molecule has 188 valence electrons. The van der Waals surface area contributed by atoms with Gasteiger partial charge < -0.3 is 19.6 Å². The molecule has 0 unspecified atom stereocenters. The van der Waals surface area contributed by atoms with E-state index in [1.165, 1.54) is 29.4 Å². The summed E-state index contributed by atoms with van der Waals surface area (Å²) in [6.45, 7) is 3.87. The Hall–Kier alpha value is -3.92. The molecule has 0 spiro atoms. The molecule has 0 saturated heterocycles. The number of likely N-dealkylation sites (N-methyl/N-ethyl adjacent to an activating group) is 1. The fourth-order valence-electron chi connectivity index (χ4n) is 4.12. The second-order valence-corrected chi connectivity index (χ2v) is 8.99. The molecular weight excluding hydrogens is 465 g/mol. The number of fused-ring (bicyclic) bond motifs is 1. The van der Waals surface area contributed by atoms with E-state index in [1.54, 1.807) is 49.6 Å². The van der Waals surface area contributed by atoms with Gasteiger partial charge in [-0.15, -0.1) is 0 Å². The Kier molecular flexibility index (Phi) is 7.54. The normalized spacial score (nSPS) is 18.5. The zero-order valence-electron chi connectivity index (χ0n) is 20.3. The Morgan fingerprint density at radius 2 is 1.97 bits per heavy atom. The zero-order valence-corrected chi connectivity index (χ0v) is 20.3. The zero-order chi connectivity index (χ0) is 25.8. The van der Waals surface area contributed by atoms with E-state index in [-0.39, 0.29) is 48.5 Å².